The molecule has 5 nitrogen and oxygen atoms in total. The van der Waals surface area contributed by atoms with Gasteiger partial charge in [0.15, 0.2) is 11.5 Å². The zero-order chi connectivity index (χ0) is 14.2. The Morgan fingerprint density at radius 2 is 2.00 bits per heavy atom. The summed E-state index contributed by atoms with van der Waals surface area (Å²) in [6, 6.07) is 5.93. The molecule has 1 aliphatic heterocycles. The normalized spacial score (nSPS) is 25.4. The summed E-state index contributed by atoms with van der Waals surface area (Å²) in [6.07, 6.45) is 4.73. The van der Waals surface area contributed by atoms with Crippen LogP contribution in [0.5, 0.6) is 11.5 Å². The summed E-state index contributed by atoms with van der Waals surface area (Å²) in [6.45, 7) is 0.262. The van der Waals surface area contributed by atoms with E-state index in [2.05, 4.69) is 5.32 Å². The van der Waals surface area contributed by atoms with E-state index in [0.717, 1.165) is 36.4 Å². The van der Waals surface area contributed by atoms with E-state index < -0.39 is 9.84 Å². The molecular formula is C14H19NO4S. The Morgan fingerprint density at radius 3 is 2.80 bits per heavy atom. The molecule has 1 N–H and O–H groups in total. The lowest BCUT2D eigenvalue weighted by atomic mass is 9.94. The number of hydrogen-bond acceptors (Lipinski definition) is 5. The summed E-state index contributed by atoms with van der Waals surface area (Å²) in [5.74, 6) is 1.50. The van der Waals surface area contributed by atoms with Gasteiger partial charge in [-0.1, -0.05) is 6.42 Å². The van der Waals surface area contributed by atoms with Gasteiger partial charge in [-0.15, -0.1) is 0 Å². The standard InChI is InChI=1S/C14H19NO4S/c1-20(16,17)12-4-2-3-10(7-12)15-11-5-6-13-14(8-11)19-9-18-13/h5-6,8,10,12,15H,2-4,7,9H2,1H3. The molecule has 1 heterocycles. The molecule has 1 fully saturated rings. The lowest BCUT2D eigenvalue weighted by molar-refractivity contribution is 0.174. The fourth-order valence-electron chi connectivity index (χ4n) is 2.89. The van der Waals surface area contributed by atoms with E-state index in [1.807, 2.05) is 18.2 Å². The molecule has 0 saturated heterocycles. The Bertz CT molecular complexity index is 599. The van der Waals surface area contributed by atoms with Gasteiger partial charge >= 0.3 is 0 Å². The predicted molar refractivity (Wildman–Crippen MR) is 77.1 cm³/mol. The Balaban J connectivity index is 1.68. The first-order chi connectivity index (χ1) is 9.52. The lowest BCUT2D eigenvalue weighted by Crippen LogP contribution is -2.34. The Kier molecular flexibility index (Phi) is 3.50. The molecule has 2 aliphatic rings. The number of benzene rings is 1. The van der Waals surface area contributed by atoms with Crippen LogP contribution in [0, 0.1) is 0 Å². The van der Waals surface area contributed by atoms with Crippen molar-refractivity contribution in [2.24, 2.45) is 0 Å². The van der Waals surface area contributed by atoms with E-state index >= 15 is 0 Å². The van der Waals surface area contributed by atoms with Crippen molar-refractivity contribution < 1.29 is 17.9 Å². The fourth-order valence-corrected chi connectivity index (χ4v) is 4.06. The fraction of sp³-hybridized carbons (Fsp3) is 0.571. The van der Waals surface area contributed by atoms with Crippen LogP contribution in [0.4, 0.5) is 5.69 Å². The third kappa shape index (κ3) is 2.85. The SMILES string of the molecule is CS(=O)(=O)C1CCCC(Nc2ccc3c(c2)OCO3)C1. The van der Waals surface area contributed by atoms with Crippen molar-refractivity contribution in [2.75, 3.05) is 18.4 Å². The molecule has 0 bridgehead atoms. The van der Waals surface area contributed by atoms with Crippen LogP contribution in [0.3, 0.4) is 0 Å². The number of ether oxygens (including phenoxy) is 2. The van der Waals surface area contributed by atoms with Gasteiger partial charge in [-0.3, -0.25) is 0 Å². The molecular weight excluding hydrogens is 278 g/mol. The van der Waals surface area contributed by atoms with Gasteiger partial charge in [-0.2, -0.15) is 0 Å². The smallest absolute Gasteiger partial charge is 0.231 e. The summed E-state index contributed by atoms with van der Waals surface area (Å²) in [5, 5.41) is 3.19. The van der Waals surface area contributed by atoms with Gasteiger partial charge in [0.2, 0.25) is 6.79 Å². The molecule has 0 aromatic heterocycles. The van der Waals surface area contributed by atoms with E-state index in [9.17, 15) is 8.42 Å². The molecule has 1 aromatic rings. The Hall–Kier alpha value is -1.43. The number of anilines is 1. The average molecular weight is 297 g/mol. The topological polar surface area (TPSA) is 64.6 Å². The van der Waals surface area contributed by atoms with Crippen molar-refractivity contribution >= 4 is 15.5 Å². The minimum Gasteiger partial charge on any atom is -0.454 e. The van der Waals surface area contributed by atoms with Crippen molar-refractivity contribution in [3.05, 3.63) is 18.2 Å². The molecule has 0 radical (unpaired) electrons. The number of hydrogen-bond donors (Lipinski definition) is 1. The van der Waals surface area contributed by atoms with Crippen LogP contribution in [-0.4, -0.2) is 32.8 Å². The van der Waals surface area contributed by atoms with E-state index in [0.29, 0.717) is 6.42 Å². The van der Waals surface area contributed by atoms with Crippen LogP contribution in [0.1, 0.15) is 25.7 Å². The molecule has 1 aliphatic carbocycles. The molecule has 0 spiro atoms. The largest absolute Gasteiger partial charge is 0.454 e. The van der Waals surface area contributed by atoms with Gasteiger partial charge in [-0.25, -0.2) is 8.42 Å². The monoisotopic (exact) mass is 297 g/mol. The second-order valence-electron chi connectivity index (χ2n) is 5.53. The van der Waals surface area contributed by atoms with Crippen LogP contribution in [0.2, 0.25) is 0 Å². The highest BCUT2D eigenvalue weighted by molar-refractivity contribution is 7.91. The molecule has 110 valence electrons. The molecule has 2 atom stereocenters. The molecule has 0 amide bonds. The summed E-state index contributed by atoms with van der Waals surface area (Å²) < 4.78 is 34.0. The quantitative estimate of drug-likeness (QED) is 0.926. The first kappa shape index (κ1) is 13.5. The summed E-state index contributed by atoms with van der Waals surface area (Å²) >= 11 is 0. The number of rotatable bonds is 3. The van der Waals surface area contributed by atoms with Crippen molar-refractivity contribution in [2.45, 2.75) is 37.0 Å². The molecule has 1 saturated carbocycles. The highest BCUT2D eigenvalue weighted by atomic mass is 32.2. The first-order valence-electron chi connectivity index (χ1n) is 6.87. The van der Waals surface area contributed by atoms with Crippen LogP contribution in [0.25, 0.3) is 0 Å². The van der Waals surface area contributed by atoms with Gasteiger partial charge in [-0.05, 0) is 31.4 Å². The molecule has 3 rings (SSSR count). The third-order valence-corrected chi connectivity index (χ3v) is 5.61. The molecule has 1 aromatic carbocycles. The predicted octanol–water partition coefficient (Wildman–Crippen LogP) is 2.18. The second kappa shape index (κ2) is 5.16. The van der Waals surface area contributed by atoms with E-state index in [1.165, 1.54) is 6.26 Å². The summed E-state index contributed by atoms with van der Waals surface area (Å²) in [5.41, 5.74) is 0.952. The maximum atomic E-state index is 11.7. The van der Waals surface area contributed by atoms with Gasteiger partial charge in [0, 0.05) is 24.1 Å². The zero-order valence-electron chi connectivity index (χ0n) is 11.5. The van der Waals surface area contributed by atoms with E-state index in [-0.39, 0.29) is 18.1 Å². The zero-order valence-corrected chi connectivity index (χ0v) is 12.3. The third-order valence-electron chi connectivity index (χ3n) is 3.97. The molecule has 2 unspecified atom stereocenters. The number of sulfone groups is 1. The summed E-state index contributed by atoms with van der Waals surface area (Å²) in [4.78, 5) is 0. The van der Waals surface area contributed by atoms with Crippen molar-refractivity contribution in [3.8, 4) is 11.5 Å². The van der Waals surface area contributed by atoms with Crippen LogP contribution in [0.15, 0.2) is 18.2 Å². The van der Waals surface area contributed by atoms with Gasteiger partial charge in [0.05, 0.1) is 5.25 Å². The number of nitrogens with one attached hydrogen (secondary N) is 1. The van der Waals surface area contributed by atoms with Crippen LogP contribution < -0.4 is 14.8 Å². The Morgan fingerprint density at radius 1 is 1.20 bits per heavy atom. The van der Waals surface area contributed by atoms with Crippen LogP contribution in [-0.2, 0) is 9.84 Å². The van der Waals surface area contributed by atoms with Crippen LogP contribution >= 0.6 is 0 Å². The minimum absolute atomic E-state index is 0.198. The maximum absolute atomic E-state index is 11.7. The van der Waals surface area contributed by atoms with Crippen molar-refractivity contribution in [1.82, 2.24) is 0 Å². The first-order valence-corrected chi connectivity index (χ1v) is 8.83. The van der Waals surface area contributed by atoms with E-state index in [1.54, 1.807) is 0 Å². The Labute approximate surface area is 119 Å². The minimum atomic E-state index is -2.95. The molecule has 20 heavy (non-hydrogen) atoms. The maximum Gasteiger partial charge on any atom is 0.231 e. The van der Waals surface area contributed by atoms with Gasteiger partial charge < -0.3 is 14.8 Å². The highest BCUT2D eigenvalue weighted by Gasteiger charge is 2.29. The van der Waals surface area contributed by atoms with Crippen molar-refractivity contribution in [3.63, 3.8) is 0 Å². The van der Waals surface area contributed by atoms with Crippen molar-refractivity contribution in [1.29, 1.82) is 0 Å². The van der Waals surface area contributed by atoms with Gasteiger partial charge in [0.1, 0.15) is 9.84 Å². The highest BCUT2D eigenvalue weighted by Crippen LogP contribution is 2.35. The lowest BCUT2D eigenvalue weighted by Gasteiger charge is -2.29. The van der Waals surface area contributed by atoms with Gasteiger partial charge in [0.25, 0.3) is 0 Å². The second-order valence-corrected chi connectivity index (χ2v) is 7.85. The molecule has 6 heteroatoms. The number of fused-ring (bicyclic) bond motifs is 1. The van der Waals surface area contributed by atoms with E-state index in [4.69, 9.17) is 9.47 Å². The summed E-state index contributed by atoms with van der Waals surface area (Å²) in [7, 11) is -2.95. The average Bonchev–Trinajstić information content (AvgIpc) is 2.85.